The summed E-state index contributed by atoms with van der Waals surface area (Å²) in [5.41, 5.74) is 1.80. The lowest BCUT2D eigenvalue weighted by Crippen LogP contribution is -2.49. The Kier molecular flexibility index (Phi) is 5.88. The third-order valence-corrected chi connectivity index (χ3v) is 5.39. The molecule has 7 nitrogen and oxygen atoms in total. The number of carbonyl (C=O) groups is 2. The molecule has 158 valence electrons. The molecule has 3 rings (SSSR count). The first-order chi connectivity index (χ1) is 14.1. The van der Waals surface area contributed by atoms with Crippen LogP contribution in [-0.4, -0.2) is 45.8 Å². The van der Waals surface area contributed by atoms with Gasteiger partial charge in [0.15, 0.2) is 0 Å². The van der Waals surface area contributed by atoms with E-state index in [-0.39, 0.29) is 29.5 Å². The van der Waals surface area contributed by atoms with E-state index in [1.165, 1.54) is 4.90 Å². The van der Waals surface area contributed by atoms with Crippen LogP contribution in [0.4, 0.5) is 0 Å². The number of nitriles is 1. The van der Waals surface area contributed by atoms with Gasteiger partial charge in [0.1, 0.15) is 24.1 Å². The minimum absolute atomic E-state index is 0.155. The van der Waals surface area contributed by atoms with Crippen LogP contribution in [-0.2, 0) is 9.59 Å². The number of fused-ring (bicyclic) bond motifs is 1. The molecule has 30 heavy (non-hydrogen) atoms. The summed E-state index contributed by atoms with van der Waals surface area (Å²) < 4.78 is 0. The Morgan fingerprint density at radius 1 is 1.50 bits per heavy atom. The fourth-order valence-corrected chi connectivity index (χ4v) is 3.94. The summed E-state index contributed by atoms with van der Waals surface area (Å²) in [6.45, 7) is 10.5. The van der Waals surface area contributed by atoms with E-state index in [0.717, 1.165) is 11.8 Å². The number of nitrogens with zero attached hydrogens (tertiary/aromatic N) is 2. The number of hydrogen-bond donors (Lipinski definition) is 3. The number of aromatic hydroxyl groups is 1. The molecule has 0 saturated carbocycles. The van der Waals surface area contributed by atoms with Gasteiger partial charge in [-0.3, -0.25) is 4.79 Å². The highest BCUT2D eigenvalue weighted by Crippen LogP contribution is 2.29. The molecule has 1 aromatic heterocycles. The first-order valence-corrected chi connectivity index (χ1v) is 10.0. The van der Waals surface area contributed by atoms with Gasteiger partial charge in [-0.25, -0.2) is 0 Å². The van der Waals surface area contributed by atoms with Crippen molar-refractivity contribution in [2.75, 3.05) is 6.54 Å². The molecular formula is C23H28N4O3. The predicted octanol–water partition coefficient (Wildman–Crippen LogP) is 3.18. The van der Waals surface area contributed by atoms with Gasteiger partial charge in [-0.1, -0.05) is 33.4 Å². The zero-order valence-electron chi connectivity index (χ0n) is 17.6. The first kappa shape index (κ1) is 21.4. The zero-order valence-corrected chi connectivity index (χ0v) is 17.6. The van der Waals surface area contributed by atoms with Crippen molar-refractivity contribution in [3.63, 3.8) is 0 Å². The molecule has 0 bridgehead atoms. The second-order valence-electron chi connectivity index (χ2n) is 9.13. The Bertz CT molecular complexity index is 1010. The van der Waals surface area contributed by atoms with Gasteiger partial charge in [0, 0.05) is 23.4 Å². The zero-order chi connectivity index (χ0) is 22.1. The lowest BCUT2D eigenvalue weighted by Gasteiger charge is -2.31. The smallest absolute Gasteiger partial charge is 0.246 e. The molecule has 0 spiro atoms. The SMILES string of the molecule is C=C(NC(CC(C)(C)C)C(=O)N1CC(C=O)CC1C#N)c1cc2c(O)cccc2[nH]1. The van der Waals surface area contributed by atoms with Gasteiger partial charge in [0.25, 0.3) is 0 Å². The molecule has 1 fully saturated rings. The molecule has 0 radical (unpaired) electrons. The van der Waals surface area contributed by atoms with Crippen molar-refractivity contribution in [3.05, 3.63) is 36.5 Å². The second kappa shape index (κ2) is 8.23. The molecule has 3 atom stereocenters. The molecule has 2 aromatic rings. The lowest BCUT2D eigenvalue weighted by molar-refractivity contribution is -0.134. The number of hydrogen-bond acceptors (Lipinski definition) is 5. The molecule has 2 heterocycles. The standard InChI is InChI=1S/C23H28N4O3/c1-14(19-9-17-18(26-19)6-5-7-21(17)29)25-20(10-23(2,3)4)22(30)27-12-15(13-28)8-16(27)11-24/h5-7,9,13,15-16,20,25-26,29H,1,8,10,12H2,2-4H3. The van der Waals surface area contributed by atoms with E-state index >= 15 is 0 Å². The number of phenols is 1. The fourth-order valence-electron chi connectivity index (χ4n) is 3.94. The number of aromatic nitrogens is 1. The van der Waals surface area contributed by atoms with Crippen molar-refractivity contribution >= 4 is 28.8 Å². The average molecular weight is 409 g/mol. The van der Waals surface area contributed by atoms with Crippen LogP contribution in [0.3, 0.4) is 0 Å². The van der Waals surface area contributed by atoms with Crippen molar-refractivity contribution in [2.45, 2.75) is 45.7 Å². The number of benzene rings is 1. The van der Waals surface area contributed by atoms with E-state index in [1.807, 2.05) is 26.8 Å². The number of rotatable bonds is 6. The maximum Gasteiger partial charge on any atom is 0.246 e. The fraction of sp³-hybridized carbons (Fsp3) is 0.435. The normalized spacial score (nSPS) is 20.0. The van der Waals surface area contributed by atoms with Gasteiger partial charge in [0.05, 0.1) is 17.5 Å². The Hall–Kier alpha value is -3.27. The monoisotopic (exact) mass is 408 g/mol. The van der Waals surface area contributed by atoms with Crippen LogP contribution in [0.5, 0.6) is 5.75 Å². The van der Waals surface area contributed by atoms with Crippen molar-refractivity contribution in [1.29, 1.82) is 5.26 Å². The summed E-state index contributed by atoms with van der Waals surface area (Å²) in [5.74, 6) is -0.353. The third kappa shape index (κ3) is 4.48. The van der Waals surface area contributed by atoms with Crippen LogP contribution in [0, 0.1) is 22.7 Å². The number of phenolic OH excluding ortho intramolecular Hbond substituents is 1. The molecule has 0 aliphatic carbocycles. The molecule has 3 unspecified atom stereocenters. The lowest BCUT2D eigenvalue weighted by atomic mass is 9.87. The van der Waals surface area contributed by atoms with Gasteiger partial charge in [-0.2, -0.15) is 5.26 Å². The van der Waals surface area contributed by atoms with Crippen molar-refractivity contribution in [2.24, 2.45) is 11.3 Å². The maximum absolute atomic E-state index is 13.4. The van der Waals surface area contributed by atoms with Crippen LogP contribution in [0.15, 0.2) is 30.8 Å². The molecule has 1 aromatic carbocycles. The Morgan fingerprint density at radius 2 is 2.23 bits per heavy atom. The number of aromatic amines is 1. The summed E-state index contributed by atoms with van der Waals surface area (Å²) in [7, 11) is 0. The number of amides is 1. The van der Waals surface area contributed by atoms with E-state index in [0.29, 0.717) is 29.6 Å². The van der Waals surface area contributed by atoms with E-state index in [1.54, 1.807) is 18.2 Å². The Balaban J connectivity index is 1.85. The third-order valence-electron chi connectivity index (χ3n) is 5.39. The second-order valence-corrected chi connectivity index (χ2v) is 9.13. The van der Waals surface area contributed by atoms with E-state index in [9.17, 15) is 20.0 Å². The van der Waals surface area contributed by atoms with E-state index < -0.39 is 12.1 Å². The average Bonchev–Trinajstić information content (AvgIpc) is 3.30. The number of carbonyl (C=O) groups excluding carboxylic acids is 2. The number of nitrogens with one attached hydrogen (secondary N) is 2. The minimum Gasteiger partial charge on any atom is -0.507 e. The maximum atomic E-state index is 13.4. The quantitative estimate of drug-likeness (QED) is 0.636. The molecule has 1 saturated heterocycles. The molecule has 1 aliphatic heterocycles. The van der Waals surface area contributed by atoms with Crippen LogP contribution in [0.2, 0.25) is 0 Å². The number of aldehydes is 1. The van der Waals surface area contributed by atoms with Gasteiger partial charge >= 0.3 is 0 Å². The summed E-state index contributed by atoms with van der Waals surface area (Å²) in [5, 5.41) is 23.4. The first-order valence-electron chi connectivity index (χ1n) is 10.0. The number of H-pyrrole nitrogens is 1. The van der Waals surface area contributed by atoms with Crippen LogP contribution in [0.25, 0.3) is 16.6 Å². The molecule has 3 N–H and O–H groups in total. The minimum atomic E-state index is -0.602. The van der Waals surface area contributed by atoms with E-state index in [2.05, 4.69) is 22.9 Å². The highest BCUT2D eigenvalue weighted by atomic mass is 16.3. The molecular weight excluding hydrogens is 380 g/mol. The highest BCUT2D eigenvalue weighted by Gasteiger charge is 2.39. The van der Waals surface area contributed by atoms with Crippen LogP contribution in [0.1, 0.15) is 39.3 Å². The van der Waals surface area contributed by atoms with Crippen molar-refractivity contribution < 1.29 is 14.7 Å². The van der Waals surface area contributed by atoms with Crippen LogP contribution >= 0.6 is 0 Å². The van der Waals surface area contributed by atoms with Crippen molar-refractivity contribution in [3.8, 4) is 11.8 Å². The topological polar surface area (TPSA) is 109 Å². The Morgan fingerprint density at radius 3 is 2.83 bits per heavy atom. The highest BCUT2D eigenvalue weighted by molar-refractivity contribution is 5.90. The van der Waals surface area contributed by atoms with Crippen molar-refractivity contribution in [1.82, 2.24) is 15.2 Å². The van der Waals surface area contributed by atoms with Gasteiger partial charge < -0.3 is 25.1 Å². The summed E-state index contributed by atoms with van der Waals surface area (Å²) in [4.78, 5) is 29.3. The largest absolute Gasteiger partial charge is 0.507 e. The van der Waals surface area contributed by atoms with Gasteiger partial charge in [-0.05, 0) is 36.5 Å². The van der Waals surface area contributed by atoms with Gasteiger partial charge in [-0.15, -0.1) is 0 Å². The summed E-state index contributed by atoms with van der Waals surface area (Å²) >= 11 is 0. The van der Waals surface area contributed by atoms with Gasteiger partial charge in [0.2, 0.25) is 5.91 Å². The molecule has 1 aliphatic rings. The molecule has 1 amide bonds. The Labute approximate surface area is 176 Å². The van der Waals surface area contributed by atoms with Crippen LogP contribution < -0.4 is 5.32 Å². The summed E-state index contributed by atoms with van der Waals surface area (Å²) in [6, 6.07) is 7.95. The summed E-state index contributed by atoms with van der Waals surface area (Å²) in [6.07, 6.45) is 1.71. The number of likely N-dealkylation sites (tertiary alicyclic amines) is 1. The predicted molar refractivity (Wildman–Crippen MR) is 115 cm³/mol. The van der Waals surface area contributed by atoms with E-state index in [4.69, 9.17) is 0 Å². The molecule has 7 heteroatoms.